The first kappa shape index (κ1) is 12.4. The van der Waals surface area contributed by atoms with Gasteiger partial charge in [-0.05, 0) is 48.4 Å². The van der Waals surface area contributed by atoms with E-state index < -0.39 is 6.10 Å². The molecule has 0 spiro atoms. The van der Waals surface area contributed by atoms with Gasteiger partial charge < -0.3 is 5.11 Å². The van der Waals surface area contributed by atoms with Crippen LogP contribution < -0.4 is 0 Å². The minimum atomic E-state index is -0.564. The molecule has 0 amide bonds. The molecule has 2 aromatic rings. The Morgan fingerprint density at radius 1 is 1.16 bits per heavy atom. The second kappa shape index (κ2) is 5.14. The average Bonchev–Trinajstić information content (AvgIpc) is 2.37. The number of pyridine rings is 1. The molecule has 2 nitrogen and oxygen atoms in total. The lowest BCUT2D eigenvalue weighted by Gasteiger charge is -2.29. The molecule has 1 unspecified atom stereocenters. The Kier molecular flexibility index (Phi) is 3.34. The number of nitrogens with zero attached hydrogens (tertiary/aromatic N) is 1. The zero-order valence-corrected chi connectivity index (χ0v) is 11.2. The van der Waals surface area contributed by atoms with Crippen molar-refractivity contribution in [2.45, 2.75) is 38.2 Å². The van der Waals surface area contributed by atoms with Gasteiger partial charge in [0.15, 0.2) is 0 Å². The highest BCUT2D eigenvalue weighted by atomic mass is 16.3. The number of aryl methyl sites for hydroxylation is 1. The smallest absolute Gasteiger partial charge is 0.106 e. The Bertz CT molecular complexity index is 575. The first-order valence-electron chi connectivity index (χ1n) is 6.95. The van der Waals surface area contributed by atoms with Crippen molar-refractivity contribution in [3.05, 3.63) is 65.0 Å². The Hall–Kier alpha value is -1.67. The van der Waals surface area contributed by atoms with Crippen molar-refractivity contribution in [1.82, 2.24) is 4.98 Å². The van der Waals surface area contributed by atoms with Crippen LogP contribution in [0, 0.1) is 6.92 Å². The van der Waals surface area contributed by atoms with Crippen LogP contribution in [0.25, 0.3) is 0 Å². The maximum atomic E-state index is 10.7. The van der Waals surface area contributed by atoms with Crippen molar-refractivity contribution in [3.63, 3.8) is 0 Å². The summed E-state index contributed by atoms with van der Waals surface area (Å²) < 4.78 is 0. The summed E-state index contributed by atoms with van der Waals surface area (Å²) in [5, 5.41) is 10.7. The van der Waals surface area contributed by atoms with Crippen LogP contribution in [-0.4, -0.2) is 10.1 Å². The number of benzene rings is 1. The second-order valence-corrected chi connectivity index (χ2v) is 5.39. The quantitative estimate of drug-likeness (QED) is 0.904. The fourth-order valence-electron chi connectivity index (χ4n) is 2.78. The number of aliphatic hydroxyl groups is 1. The Morgan fingerprint density at radius 3 is 2.63 bits per heavy atom. The minimum Gasteiger partial charge on any atom is -0.384 e. The molecule has 3 rings (SSSR count). The van der Waals surface area contributed by atoms with Crippen molar-refractivity contribution in [3.8, 4) is 0 Å². The third-order valence-corrected chi connectivity index (χ3v) is 4.21. The summed E-state index contributed by atoms with van der Waals surface area (Å²) in [6, 6.07) is 10.2. The molecule has 0 bridgehead atoms. The van der Waals surface area contributed by atoms with Gasteiger partial charge in [-0.25, -0.2) is 0 Å². The topological polar surface area (TPSA) is 33.1 Å². The zero-order chi connectivity index (χ0) is 13.2. The molecule has 2 heteroatoms. The normalized spacial score (nSPS) is 16.9. The fraction of sp³-hybridized carbons (Fsp3) is 0.353. The highest BCUT2D eigenvalue weighted by molar-refractivity contribution is 5.40. The largest absolute Gasteiger partial charge is 0.384 e. The predicted octanol–water partition coefficient (Wildman–Crippen LogP) is 3.74. The Morgan fingerprint density at radius 2 is 1.95 bits per heavy atom. The second-order valence-electron chi connectivity index (χ2n) is 5.39. The first-order chi connectivity index (χ1) is 9.27. The number of hydrogen-bond donors (Lipinski definition) is 1. The van der Waals surface area contributed by atoms with Gasteiger partial charge in [-0.3, -0.25) is 4.98 Å². The fourth-order valence-corrected chi connectivity index (χ4v) is 2.78. The van der Waals surface area contributed by atoms with Crippen molar-refractivity contribution >= 4 is 0 Å². The third-order valence-electron chi connectivity index (χ3n) is 4.21. The van der Waals surface area contributed by atoms with E-state index in [1.807, 2.05) is 25.1 Å². The van der Waals surface area contributed by atoms with Crippen molar-refractivity contribution in [1.29, 1.82) is 0 Å². The average molecular weight is 253 g/mol. The summed E-state index contributed by atoms with van der Waals surface area (Å²) in [5.74, 6) is 0.628. The van der Waals surface area contributed by atoms with E-state index >= 15 is 0 Å². The van der Waals surface area contributed by atoms with E-state index in [2.05, 4.69) is 17.1 Å². The van der Waals surface area contributed by atoms with E-state index in [9.17, 15) is 5.11 Å². The standard InChI is InChI=1S/C17H19NO/c1-12-9-10-18-11-16(12)17(19)15-8-3-2-7-14(15)13-5-4-6-13/h2-3,7-11,13,17,19H,4-6H2,1H3. The predicted molar refractivity (Wildman–Crippen MR) is 76.1 cm³/mol. The summed E-state index contributed by atoms with van der Waals surface area (Å²) in [4.78, 5) is 4.14. The van der Waals surface area contributed by atoms with Gasteiger partial charge in [0.2, 0.25) is 0 Å². The maximum absolute atomic E-state index is 10.7. The van der Waals surface area contributed by atoms with E-state index in [4.69, 9.17) is 0 Å². The highest BCUT2D eigenvalue weighted by Gasteiger charge is 2.25. The summed E-state index contributed by atoms with van der Waals surface area (Å²) in [6.45, 7) is 2.02. The van der Waals surface area contributed by atoms with Crippen LogP contribution >= 0.6 is 0 Å². The molecule has 1 atom stereocenters. The molecule has 1 heterocycles. The number of aromatic nitrogens is 1. The molecular formula is C17H19NO. The molecule has 1 N–H and O–H groups in total. The van der Waals surface area contributed by atoms with E-state index in [1.54, 1.807) is 12.4 Å². The molecule has 1 aliphatic rings. The lowest BCUT2D eigenvalue weighted by atomic mass is 9.77. The van der Waals surface area contributed by atoms with Gasteiger partial charge in [-0.15, -0.1) is 0 Å². The summed E-state index contributed by atoms with van der Waals surface area (Å²) >= 11 is 0. The van der Waals surface area contributed by atoms with Gasteiger partial charge in [0.05, 0.1) is 0 Å². The summed E-state index contributed by atoms with van der Waals surface area (Å²) in [7, 11) is 0. The van der Waals surface area contributed by atoms with Crippen LogP contribution in [0.2, 0.25) is 0 Å². The summed E-state index contributed by atoms with van der Waals surface area (Å²) in [5.41, 5.74) is 4.35. The van der Waals surface area contributed by atoms with Crippen LogP contribution in [0.1, 0.15) is 53.5 Å². The number of aliphatic hydroxyl groups excluding tert-OH is 1. The zero-order valence-electron chi connectivity index (χ0n) is 11.2. The molecule has 0 aliphatic heterocycles. The molecule has 1 fully saturated rings. The van der Waals surface area contributed by atoms with Crippen LogP contribution in [0.3, 0.4) is 0 Å². The SMILES string of the molecule is Cc1ccncc1C(O)c1ccccc1C1CCC1. The van der Waals surface area contributed by atoms with Crippen molar-refractivity contribution in [2.75, 3.05) is 0 Å². The monoisotopic (exact) mass is 253 g/mol. The summed E-state index contributed by atoms with van der Waals surface area (Å²) in [6.07, 6.45) is 6.78. The lowest BCUT2D eigenvalue weighted by Crippen LogP contribution is -2.14. The van der Waals surface area contributed by atoms with E-state index in [0.717, 1.165) is 16.7 Å². The van der Waals surface area contributed by atoms with Gasteiger partial charge in [0.1, 0.15) is 6.10 Å². The third kappa shape index (κ3) is 2.28. The van der Waals surface area contributed by atoms with Gasteiger partial charge in [0, 0.05) is 18.0 Å². The van der Waals surface area contributed by atoms with E-state index in [1.165, 1.54) is 24.8 Å². The maximum Gasteiger partial charge on any atom is 0.106 e. The Balaban J connectivity index is 2.00. The first-order valence-corrected chi connectivity index (χ1v) is 6.95. The molecule has 1 aliphatic carbocycles. The van der Waals surface area contributed by atoms with Crippen molar-refractivity contribution in [2.24, 2.45) is 0 Å². The molecular weight excluding hydrogens is 234 g/mol. The molecule has 19 heavy (non-hydrogen) atoms. The van der Waals surface area contributed by atoms with Crippen molar-refractivity contribution < 1.29 is 5.11 Å². The number of rotatable bonds is 3. The molecule has 1 aromatic heterocycles. The molecule has 98 valence electrons. The van der Waals surface area contributed by atoms with Gasteiger partial charge in [-0.2, -0.15) is 0 Å². The van der Waals surface area contributed by atoms with Gasteiger partial charge in [0.25, 0.3) is 0 Å². The van der Waals surface area contributed by atoms with Crippen LogP contribution in [0.5, 0.6) is 0 Å². The molecule has 1 saturated carbocycles. The Labute approximate surface area is 114 Å². The molecule has 1 aromatic carbocycles. The van der Waals surface area contributed by atoms with Crippen LogP contribution in [0.15, 0.2) is 42.7 Å². The van der Waals surface area contributed by atoms with Crippen LogP contribution in [0.4, 0.5) is 0 Å². The minimum absolute atomic E-state index is 0.564. The lowest BCUT2D eigenvalue weighted by molar-refractivity contribution is 0.216. The van der Waals surface area contributed by atoms with E-state index in [0.29, 0.717) is 5.92 Å². The molecule has 0 saturated heterocycles. The van der Waals surface area contributed by atoms with E-state index in [-0.39, 0.29) is 0 Å². The van der Waals surface area contributed by atoms with Gasteiger partial charge >= 0.3 is 0 Å². The molecule has 0 radical (unpaired) electrons. The van der Waals surface area contributed by atoms with Crippen LogP contribution in [-0.2, 0) is 0 Å². The number of hydrogen-bond acceptors (Lipinski definition) is 2. The highest BCUT2D eigenvalue weighted by Crippen LogP contribution is 2.40. The van der Waals surface area contributed by atoms with Gasteiger partial charge in [-0.1, -0.05) is 30.7 Å².